The number of carbonyl (C=O) groups is 3. The molecule has 0 aliphatic rings. The predicted octanol–water partition coefficient (Wildman–Crippen LogP) is 3.12. The number of rotatable bonds is 10. The molecule has 0 fully saturated rings. The van der Waals surface area contributed by atoms with E-state index in [1.165, 1.54) is 0 Å². The van der Waals surface area contributed by atoms with Crippen LogP contribution >= 0.6 is 27.7 Å². The maximum Gasteiger partial charge on any atom is 0.253 e. The van der Waals surface area contributed by atoms with Crippen LogP contribution in [0.25, 0.3) is 0 Å². The average molecular weight is 492 g/mol. The zero-order valence-electron chi connectivity index (χ0n) is 17.0. The minimum absolute atomic E-state index is 0.284. The first-order chi connectivity index (χ1) is 14.4. The molecule has 2 unspecified atom stereocenters. The fourth-order valence-corrected chi connectivity index (χ4v) is 3.64. The molecular weight excluding hydrogens is 466 g/mol. The first-order valence-electron chi connectivity index (χ1n) is 9.58. The molecule has 0 aliphatic heterocycles. The van der Waals surface area contributed by atoms with Gasteiger partial charge in [-0.3, -0.25) is 14.4 Å². The molecule has 3 amide bonds. The molecule has 0 spiro atoms. The van der Waals surface area contributed by atoms with Crippen molar-refractivity contribution in [2.75, 3.05) is 12.0 Å². The van der Waals surface area contributed by atoms with Crippen LogP contribution in [-0.4, -0.2) is 41.8 Å². The van der Waals surface area contributed by atoms with Gasteiger partial charge in [0.15, 0.2) is 0 Å². The highest BCUT2D eigenvalue weighted by Gasteiger charge is 2.25. The Morgan fingerprint density at radius 3 is 2.30 bits per heavy atom. The number of nitrogens with one attached hydrogen (secondary N) is 3. The zero-order valence-corrected chi connectivity index (χ0v) is 19.4. The van der Waals surface area contributed by atoms with Gasteiger partial charge in [-0.25, -0.2) is 0 Å². The van der Waals surface area contributed by atoms with Crippen LogP contribution in [0.1, 0.15) is 29.3 Å². The first-order valence-corrected chi connectivity index (χ1v) is 11.8. The third kappa shape index (κ3) is 7.50. The maximum atomic E-state index is 12.8. The summed E-state index contributed by atoms with van der Waals surface area (Å²) >= 11 is 4.94. The van der Waals surface area contributed by atoms with E-state index in [4.69, 9.17) is 0 Å². The summed E-state index contributed by atoms with van der Waals surface area (Å²) in [5, 5.41) is 8.30. The van der Waals surface area contributed by atoms with Gasteiger partial charge >= 0.3 is 0 Å². The summed E-state index contributed by atoms with van der Waals surface area (Å²) in [6.45, 7) is 2.01. The fourth-order valence-electron chi connectivity index (χ4n) is 2.70. The highest BCUT2D eigenvalue weighted by molar-refractivity contribution is 9.10. The van der Waals surface area contributed by atoms with Gasteiger partial charge in [0.2, 0.25) is 11.8 Å². The summed E-state index contributed by atoms with van der Waals surface area (Å²) in [6.07, 6.45) is 2.39. The van der Waals surface area contributed by atoms with Crippen LogP contribution in [0.15, 0.2) is 59.1 Å². The van der Waals surface area contributed by atoms with Gasteiger partial charge in [-0.2, -0.15) is 11.8 Å². The molecule has 2 atom stereocenters. The Morgan fingerprint density at radius 2 is 1.63 bits per heavy atom. The Balaban J connectivity index is 1.95. The topological polar surface area (TPSA) is 87.3 Å². The highest BCUT2D eigenvalue weighted by atomic mass is 79.9. The Morgan fingerprint density at radius 1 is 0.967 bits per heavy atom. The number of amides is 3. The zero-order chi connectivity index (χ0) is 21.9. The van der Waals surface area contributed by atoms with Crippen molar-refractivity contribution in [3.8, 4) is 0 Å². The van der Waals surface area contributed by atoms with Gasteiger partial charge in [0.25, 0.3) is 5.91 Å². The number of carbonyl (C=O) groups excluding carboxylic acids is 3. The number of hydrogen-bond donors (Lipinski definition) is 3. The van der Waals surface area contributed by atoms with Gasteiger partial charge in [-0.1, -0.05) is 42.5 Å². The number of halogens is 1. The van der Waals surface area contributed by atoms with Crippen molar-refractivity contribution < 1.29 is 14.4 Å². The number of benzene rings is 2. The Kier molecular flexibility index (Phi) is 9.89. The van der Waals surface area contributed by atoms with Crippen LogP contribution in [0.3, 0.4) is 0 Å². The molecule has 0 heterocycles. The van der Waals surface area contributed by atoms with E-state index in [0.29, 0.717) is 28.8 Å². The Labute approximate surface area is 189 Å². The summed E-state index contributed by atoms with van der Waals surface area (Å²) < 4.78 is 0.653. The predicted molar refractivity (Wildman–Crippen MR) is 124 cm³/mol. The standard InChI is InChI=1S/C22H26BrN3O3S/c1-15(20(27)24-14-16-8-4-3-5-9-16)25-22(29)19(12-13-30-2)26-21(28)17-10-6-7-11-18(17)23/h3-11,15,19H,12-14H2,1-2H3,(H,24,27)(H,25,29)(H,26,28). The molecular formula is C22H26BrN3O3S. The van der Waals surface area contributed by atoms with Crippen LogP contribution in [-0.2, 0) is 16.1 Å². The van der Waals surface area contributed by atoms with E-state index in [1.54, 1.807) is 36.9 Å². The third-order valence-corrected chi connectivity index (χ3v) is 5.75. The summed E-state index contributed by atoms with van der Waals surface area (Å²) in [7, 11) is 0. The molecule has 8 heteroatoms. The van der Waals surface area contributed by atoms with Crippen molar-refractivity contribution in [3.05, 3.63) is 70.2 Å². The van der Waals surface area contributed by atoms with Gasteiger partial charge in [0.05, 0.1) is 5.56 Å². The van der Waals surface area contributed by atoms with Crippen LogP contribution in [0.2, 0.25) is 0 Å². The molecule has 0 radical (unpaired) electrons. The maximum absolute atomic E-state index is 12.8. The van der Waals surface area contributed by atoms with Crippen LogP contribution in [0.5, 0.6) is 0 Å². The number of hydrogen-bond acceptors (Lipinski definition) is 4. The van der Waals surface area contributed by atoms with E-state index in [0.717, 1.165) is 5.56 Å². The second-order valence-corrected chi connectivity index (χ2v) is 8.56. The van der Waals surface area contributed by atoms with Crippen molar-refractivity contribution in [3.63, 3.8) is 0 Å². The summed E-state index contributed by atoms with van der Waals surface area (Å²) in [4.78, 5) is 37.7. The fraction of sp³-hybridized carbons (Fsp3) is 0.318. The summed E-state index contributed by atoms with van der Waals surface area (Å²) in [5.41, 5.74) is 1.43. The van der Waals surface area contributed by atoms with Gasteiger partial charge in [-0.05, 0) is 59.0 Å². The number of thioether (sulfide) groups is 1. The molecule has 3 N–H and O–H groups in total. The van der Waals surface area contributed by atoms with Gasteiger partial charge in [0.1, 0.15) is 12.1 Å². The molecule has 2 aromatic rings. The first kappa shape index (κ1) is 24.0. The van der Waals surface area contributed by atoms with Crippen molar-refractivity contribution in [2.45, 2.75) is 32.0 Å². The molecule has 2 aromatic carbocycles. The van der Waals surface area contributed by atoms with Gasteiger partial charge in [-0.15, -0.1) is 0 Å². The molecule has 0 aromatic heterocycles. The van der Waals surface area contributed by atoms with E-state index in [-0.39, 0.29) is 17.7 Å². The highest BCUT2D eigenvalue weighted by Crippen LogP contribution is 2.16. The van der Waals surface area contributed by atoms with Crippen LogP contribution in [0, 0.1) is 0 Å². The summed E-state index contributed by atoms with van der Waals surface area (Å²) in [5.74, 6) is -0.312. The SMILES string of the molecule is CSCCC(NC(=O)c1ccccc1Br)C(=O)NC(C)C(=O)NCc1ccccc1. The second kappa shape index (κ2) is 12.4. The lowest BCUT2D eigenvalue weighted by Gasteiger charge is -2.21. The van der Waals surface area contributed by atoms with Crippen molar-refractivity contribution in [1.82, 2.24) is 16.0 Å². The largest absolute Gasteiger partial charge is 0.350 e. The van der Waals surface area contributed by atoms with Crippen LogP contribution < -0.4 is 16.0 Å². The average Bonchev–Trinajstić information content (AvgIpc) is 2.75. The van der Waals surface area contributed by atoms with E-state index in [9.17, 15) is 14.4 Å². The van der Waals surface area contributed by atoms with Crippen molar-refractivity contribution >= 4 is 45.4 Å². The van der Waals surface area contributed by atoms with E-state index in [2.05, 4.69) is 31.9 Å². The molecule has 160 valence electrons. The van der Waals surface area contributed by atoms with Crippen molar-refractivity contribution in [1.29, 1.82) is 0 Å². The molecule has 0 saturated heterocycles. The summed E-state index contributed by atoms with van der Waals surface area (Å²) in [6, 6.07) is 15.1. The molecule has 0 bridgehead atoms. The second-order valence-electron chi connectivity index (χ2n) is 6.72. The minimum atomic E-state index is -0.735. The van der Waals surface area contributed by atoms with E-state index >= 15 is 0 Å². The van der Waals surface area contributed by atoms with Gasteiger partial charge < -0.3 is 16.0 Å². The Hall–Kier alpha value is -2.32. The van der Waals surface area contributed by atoms with E-state index in [1.807, 2.05) is 42.7 Å². The third-order valence-electron chi connectivity index (χ3n) is 4.41. The lowest BCUT2D eigenvalue weighted by Crippen LogP contribution is -2.52. The molecule has 2 rings (SSSR count). The quantitative estimate of drug-likeness (QED) is 0.476. The lowest BCUT2D eigenvalue weighted by atomic mass is 10.1. The van der Waals surface area contributed by atoms with Crippen molar-refractivity contribution in [2.24, 2.45) is 0 Å². The smallest absolute Gasteiger partial charge is 0.253 e. The lowest BCUT2D eigenvalue weighted by molar-refractivity contribution is -0.129. The normalized spacial score (nSPS) is 12.5. The van der Waals surface area contributed by atoms with Gasteiger partial charge in [0, 0.05) is 11.0 Å². The monoisotopic (exact) mass is 491 g/mol. The molecule has 30 heavy (non-hydrogen) atoms. The molecule has 0 saturated carbocycles. The minimum Gasteiger partial charge on any atom is -0.350 e. The van der Waals surface area contributed by atoms with E-state index < -0.39 is 12.1 Å². The molecule has 6 nitrogen and oxygen atoms in total. The van der Waals surface area contributed by atoms with Crippen LogP contribution in [0.4, 0.5) is 0 Å². The Bertz CT molecular complexity index is 864. The molecule has 0 aliphatic carbocycles.